The van der Waals surface area contributed by atoms with E-state index >= 15 is 0 Å². The summed E-state index contributed by atoms with van der Waals surface area (Å²) in [5.74, 6) is -4.90. The first kappa shape index (κ1) is 28.5. The van der Waals surface area contributed by atoms with Crippen LogP contribution in [0.2, 0.25) is 0 Å². The Kier molecular flexibility index (Phi) is 12.3. The number of carbonyl (C=O) groups is 5. The number of amides is 4. The van der Waals surface area contributed by atoms with Gasteiger partial charge in [-0.05, 0) is 26.7 Å². The van der Waals surface area contributed by atoms with E-state index in [1.807, 2.05) is 0 Å². The first-order chi connectivity index (χ1) is 14.8. The Morgan fingerprint density at radius 2 is 1.53 bits per heavy atom. The first-order valence-corrected chi connectivity index (χ1v) is 9.67. The lowest BCUT2D eigenvalue weighted by molar-refractivity contribution is -0.145. The molecule has 4 amide bonds. The summed E-state index contributed by atoms with van der Waals surface area (Å²) < 4.78 is 0. The molecule has 0 fully saturated rings. The van der Waals surface area contributed by atoms with E-state index in [1.165, 1.54) is 13.8 Å². The van der Waals surface area contributed by atoms with Crippen LogP contribution in [-0.4, -0.2) is 82.6 Å². The number of aliphatic carboxylic acids is 1. The molecule has 0 aliphatic rings. The van der Waals surface area contributed by atoms with Gasteiger partial charge in [0.25, 0.3) is 0 Å². The largest absolute Gasteiger partial charge is 0.480 e. The summed E-state index contributed by atoms with van der Waals surface area (Å²) in [4.78, 5) is 62.8. The average molecular weight is 460 g/mol. The second kappa shape index (κ2) is 13.8. The molecule has 182 valence electrons. The number of nitrogens with zero attached hydrogens (tertiary/aromatic N) is 1. The van der Waals surface area contributed by atoms with Crippen LogP contribution in [0.25, 0.3) is 0 Å². The van der Waals surface area contributed by atoms with Crippen molar-refractivity contribution in [2.24, 2.45) is 27.9 Å². The number of guanidine groups is 1. The Morgan fingerprint density at radius 1 is 0.938 bits per heavy atom. The van der Waals surface area contributed by atoms with E-state index in [4.69, 9.17) is 28.0 Å². The molecule has 0 aromatic heterocycles. The fourth-order valence-corrected chi connectivity index (χ4v) is 2.41. The third kappa shape index (κ3) is 11.1. The van der Waals surface area contributed by atoms with E-state index in [1.54, 1.807) is 0 Å². The molecule has 0 heterocycles. The van der Waals surface area contributed by atoms with Crippen molar-refractivity contribution in [3.63, 3.8) is 0 Å². The van der Waals surface area contributed by atoms with Crippen LogP contribution in [0.15, 0.2) is 4.99 Å². The van der Waals surface area contributed by atoms with Gasteiger partial charge in [-0.3, -0.25) is 24.2 Å². The third-order valence-corrected chi connectivity index (χ3v) is 4.13. The molecule has 15 nitrogen and oxygen atoms in total. The Hall–Kier alpha value is -3.46. The summed E-state index contributed by atoms with van der Waals surface area (Å²) in [7, 11) is 0. The zero-order valence-corrected chi connectivity index (χ0v) is 17.9. The Bertz CT molecular complexity index is 724. The Morgan fingerprint density at radius 3 is 2.00 bits per heavy atom. The van der Waals surface area contributed by atoms with Gasteiger partial charge >= 0.3 is 5.97 Å². The molecule has 5 unspecified atom stereocenters. The number of primary amides is 1. The van der Waals surface area contributed by atoms with Crippen LogP contribution in [0.3, 0.4) is 0 Å². The lowest BCUT2D eigenvalue weighted by Gasteiger charge is -2.24. The van der Waals surface area contributed by atoms with E-state index < -0.39 is 66.3 Å². The van der Waals surface area contributed by atoms with Gasteiger partial charge in [0.05, 0.1) is 18.6 Å². The average Bonchev–Trinajstić information content (AvgIpc) is 2.66. The Balaban J connectivity index is 5.23. The van der Waals surface area contributed by atoms with Gasteiger partial charge in [0.2, 0.25) is 23.6 Å². The van der Waals surface area contributed by atoms with E-state index in [-0.39, 0.29) is 25.3 Å². The molecule has 5 atom stereocenters. The van der Waals surface area contributed by atoms with Crippen molar-refractivity contribution in [3.05, 3.63) is 0 Å². The second-order valence-corrected chi connectivity index (χ2v) is 7.08. The number of nitrogens with two attached hydrogens (primary N) is 4. The summed E-state index contributed by atoms with van der Waals surface area (Å²) >= 11 is 0. The first-order valence-electron chi connectivity index (χ1n) is 9.67. The molecular formula is C17H32N8O7. The molecule has 0 aliphatic carbocycles. The van der Waals surface area contributed by atoms with Crippen LogP contribution < -0.4 is 38.9 Å². The molecule has 32 heavy (non-hydrogen) atoms. The van der Waals surface area contributed by atoms with Crippen LogP contribution in [0.4, 0.5) is 0 Å². The molecule has 0 aromatic carbocycles. The highest BCUT2D eigenvalue weighted by Crippen LogP contribution is 2.03. The summed E-state index contributed by atoms with van der Waals surface area (Å²) in [6.07, 6.45) is -1.57. The minimum atomic E-state index is -1.61. The summed E-state index contributed by atoms with van der Waals surface area (Å²) in [5, 5.41) is 25.5. The number of carbonyl (C=O) groups excluding carboxylic acids is 4. The molecule has 0 saturated heterocycles. The number of hydrogen-bond acceptors (Lipinski definition) is 8. The number of hydrogen-bond donors (Lipinski definition) is 9. The Labute approximate surface area is 184 Å². The highest BCUT2D eigenvalue weighted by atomic mass is 16.4. The standard InChI is InChI=1S/C17H32N8O7/c1-7(23-14(29)9(18)6-11(19)27)13(28)24-10(4-3-5-22-17(20)21)15(30)25-12(8(2)26)16(31)32/h7-10,12,26H,3-6,18H2,1-2H3,(H2,19,27)(H,23,29)(H,24,28)(H,25,30)(H,31,32)(H4,20,21,22). The minimum absolute atomic E-state index is 0.0162. The number of aliphatic hydroxyl groups is 1. The maximum absolute atomic E-state index is 12.6. The van der Waals surface area contributed by atoms with Gasteiger partial charge in [-0.25, -0.2) is 4.79 Å². The zero-order valence-electron chi connectivity index (χ0n) is 17.9. The van der Waals surface area contributed by atoms with Crippen LogP contribution >= 0.6 is 0 Å². The predicted molar refractivity (Wildman–Crippen MR) is 112 cm³/mol. The summed E-state index contributed by atoms with van der Waals surface area (Å²) in [6.45, 7) is 2.63. The fraction of sp³-hybridized carbons (Fsp3) is 0.647. The number of rotatable bonds is 14. The number of carboxylic acid groups (broad SMARTS) is 1. The van der Waals surface area contributed by atoms with Gasteiger partial charge in [0, 0.05) is 6.54 Å². The molecule has 13 N–H and O–H groups in total. The lowest BCUT2D eigenvalue weighted by Crippen LogP contribution is -2.57. The molecule has 0 spiro atoms. The molecule has 0 saturated carbocycles. The van der Waals surface area contributed by atoms with Crippen molar-refractivity contribution in [2.45, 2.75) is 63.4 Å². The number of aliphatic hydroxyl groups excluding tert-OH is 1. The van der Waals surface area contributed by atoms with E-state index in [9.17, 15) is 29.1 Å². The monoisotopic (exact) mass is 460 g/mol. The number of carboxylic acids is 1. The van der Waals surface area contributed by atoms with Gasteiger partial charge in [-0.2, -0.15) is 0 Å². The van der Waals surface area contributed by atoms with Gasteiger partial charge in [-0.1, -0.05) is 0 Å². The second-order valence-electron chi connectivity index (χ2n) is 7.08. The van der Waals surface area contributed by atoms with Crippen LogP contribution in [0, 0.1) is 0 Å². The van der Waals surface area contributed by atoms with Crippen molar-refractivity contribution in [3.8, 4) is 0 Å². The van der Waals surface area contributed by atoms with Crippen LogP contribution in [-0.2, 0) is 24.0 Å². The van der Waals surface area contributed by atoms with Crippen LogP contribution in [0.5, 0.6) is 0 Å². The van der Waals surface area contributed by atoms with E-state index in [0.29, 0.717) is 0 Å². The van der Waals surface area contributed by atoms with Crippen LogP contribution in [0.1, 0.15) is 33.1 Å². The quantitative estimate of drug-likeness (QED) is 0.0677. The predicted octanol–water partition coefficient (Wildman–Crippen LogP) is -4.82. The van der Waals surface area contributed by atoms with Gasteiger partial charge < -0.3 is 49.1 Å². The van der Waals surface area contributed by atoms with Gasteiger partial charge in [-0.15, -0.1) is 0 Å². The van der Waals surface area contributed by atoms with Gasteiger partial charge in [0.1, 0.15) is 12.1 Å². The normalized spacial score (nSPS) is 15.2. The van der Waals surface area contributed by atoms with Crippen molar-refractivity contribution < 1.29 is 34.2 Å². The molecular weight excluding hydrogens is 428 g/mol. The molecule has 0 radical (unpaired) electrons. The van der Waals surface area contributed by atoms with E-state index in [0.717, 1.165) is 0 Å². The van der Waals surface area contributed by atoms with Gasteiger partial charge in [0.15, 0.2) is 12.0 Å². The summed E-state index contributed by atoms with van der Waals surface area (Å²) in [6, 6.07) is -5.25. The van der Waals surface area contributed by atoms with Crippen molar-refractivity contribution >= 4 is 35.6 Å². The zero-order chi connectivity index (χ0) is 25.0. The van der Waals surface area contributed by atoms with Crippen molar-refractivity contribution in [2.75, 3.05) is 6.54 Å². The third-order valence-electron chi connectivity index (χ3n) is 4.13. The molecule has 0 bridgehead atoms. The lowest BCUT2D eigenvalue weighted by atomic mass is 10.1. The molecule has 0 rings (SSSR count). The smallest absolute Gasteiger partial charge is 0.328 e. The number of aliphatic imine (C=N–C) groups is 1. The maximum atomic E-state index is 12.6. The van der Waals surface area contributed by atoms with E-state index in [2.05, 4.69) is 20.9 Å². The molecule has 0 aromatic rings. The minimum Gasteiger partial charge on any atom is -0.480 e. The summed E-state index contributed by atoms with van der Waals surface area (Å²) in [5.41, 5.74) is 20.9. The topological polar surface area (TPSA) is 278 Å². The highest BCUT2D eigenvalue weighted by molar-refractivity contribution is 5.94. The SMILES string of the molecule is CC(NC(=O)C(N)CC(N)=O)C(=O)NC(CCCN=C(N)N)C(=O)NC(C(=O)O)C(C)O. The van der Waals surface area contributed by atoms with Crippen molar-refractivity contribution in [1.29, 1.82) is 0 Å². The molecule has 0 aliphatic heterocycles. The molecule has 15 heteroatoms. The number of nitrogens with one attached hydrogen (secondary N) is 3. The fourth-order valence-electron chi connectivity index (χ4n) is 2.41. The maximum Gasteiger partial charge on any atom is 0.328 e. The highest BCUT2D eigenvalue weighted by Gasteiger charge is 2.30. The van der Waals surface area contributed by atoms with Crippen molar-refractivity contribution in [1.82, 2.24) is 16.0 Å².